The van der Waals surface area contributed by atoms with E-state index >= 15 is 0 Å². The van der Waals surface area contributed by atoms with Gasteiger partial charge in [0, 0.05) is 0 Å². The first-order valence-electron chi connectivity index (χ1n) is 7.13. The molecule has 1 heterocycles. The largest absolute Gasteiger partial charge is 1.00 e. The van der Waals surface area contributed by atoms with Crippen LogP contribution in [0.15, 0.2) is 48.5 Å². The topological polar surface area (TPSA) is 4.93 Å². The summed E-state index contributed by atoms with van der Waals surface area (Å²) in [6.45, 7) is 2.18. The van der Waals surface area contributed by atoms with Gasteiger partial charge < -0.3 is 24.8 Å². The first-order chi connectivity index (χ1) is 9.74. The molecule has 4 rings (SSSR count). The van der Waals surface area contributed by atoms with Crippen LogP contribution in [0, 0.1) is 6.92 Å². The summed E-state index contributed by atoms with van der Waals surface area (Å²) in [5.74, 6) is 0. The van der Waals surface area contributed by atoms with Gasteiger partial charge in [-0.3, -0.25) is 0 Å². The molecule has 4 heteroatoms. The zero-order valence-corrected chi connectivity index (χ0v) is 15.4. The number of para-hydroxylation sites is 1. The van der Waals surface area contributed by atoms with Crippen LogP contribution in [0.2, 0.25) is 4.22 Å². The Morgan fingerprint density at radius 3 is 2.45 bits per heavy atom. The summed E-state index contributed by atoms with van der Waals surface area (Å²) in [6.07, 6.45) is 2.41. The Labute approximate surface area is 155 Å². The van der Waals surface area contributed by atoms with Gasteiger partial charge in [0.25, 0.3) is 0 Å². The average molecular weight is 365 g/mol. The van der Waals surface area contributed by atoms with E-state index in [2.05, 4.69) is 80.5 Å². The van der Waals surface area contributed by atoms with Crippen molar-refractivity contribution in [3.05, 3.63) is 65.4 Å². The molecular formula is C18H16Cl2NTi. The summed E-state index contributed by atoms with van der Waals surface area (Å²) in [7, 11) is 0. The molecule has 1 aliphatic carbocycles. The number of nitrogens with zero attached hydrogens (tertiary/aromatic N) is 1. The van der Waals surface area contributed by atoms with Crippen LogP contribution in [0.5, 0.6) is 0 Å². The van der Waals surface area contributed by atoms with Gasteiger partial charge in [0.1, 0.15) is 0 Å². The zero-order valence-electron chi connectivity index (χ0n) is 12.3. The molecule has 0 saturated heterocycles. The molecule has 1 aromatic heterocycles. The number of hydrogen-bond donors (Lipinski definition) is 0. The Morgan fingerprint density at radius 1 is 1.00 bits per heavy atom. The van der Waals surface area contributed by atoms with Crippen LogP contribution in [0.1, 0.15) is 16.8 Å². The molecule has 0 spiro atoms. The predicted molar refractivity (Wildman–Crippen MR) is 79.2 cm³/mol. The molecule has 0 saturated carbocycles. The smallest absolute Gasteiger partial charge is 1.00 e. The molecule has 22 heavy (non-hydrogen) atoms. The second kappa shape index (κ2) is 6.80. The van der Waals surface area contributed by atoms with Gasteiger partial charge in [0.05, 0.1) is 0 Å². The van der Waals surface area contributed by atoms with E-state index in [-0.39, 0.29) is 24.8 Å². The number of rotatable bonds is 1. The van der Waals surface area contributed by atoms with E-state index in [1.165, 1.54) is 40.7 Å². The molecule has 1 aliphatic rings. The van der Waals surface area contributed by atoms with E-state index in [1.807, 2.05) is 0 Å². The van der Waals surface area contributed by atoms with Crippen molar-refractivity contribution in [3.63, 3.8) is 0 Å². The standard InChI is InChI=1S/C18H16N.2ClH.Ti/c1-13-10-11-16-15-8-5-9-17(15)19(18(16)12-13)14-6-3-2-4-7-14;;;/h2-7,10-12H,8-9H2,1H3;2*1H;/q;;;+2/p-2. The summed E-state index contributed by atoms with van der Waals surface area (Å²) < 4.78 is 3.24. The number of hydrogen-bond acceptors (Lipinski definition) is 0. The maximum absolute atomic E-state index is 2.47. The number of aromatic nitrogens is 1. The van der Waals surface area contributed by atoms with Crippen LogP contribution in [0.25, 0.3) is 16.6 Å². The maximum atomic E-state index is 2.47. The fraction of sp³-hybridized carbons (Fsp3) is 0.222. The van der Waals surface area contributed by atoms with Crippen molar-refractivity contribution in [2.45, 2.75) is 24.0 Å². The SMILES string of the molecule is Cc1ccc2c3c(n(-c4ccccc4)c2c1)C[CH]([Ti+2])C3.[Cl-].[Cl-]. The Hall–Kier alpha value is -0.726. The molecule has 0 fully saturated rings. The van der Waals surface area contributed by atoms with Gasteiger partial charge in [-0.1, -0.05) is 0 Å². The van der Waals surface area contributed by atoms with Crippen LogP contribution >= 0.6 is 0 Å². The van der Waals surface area contributed by atoms with Crippen LogP contribution in [0.3, 0.4) is 0 Å². The second-order valence-corrected chi connectivity index (χ2v) is 7.00. The Morgan fingerprint density at radius 2 is 1.73 bits per heavy atom. The molecule has 1 atom stereocenters. The minimum Gasteiger partial charge on any atom is -1.00 e. The zero-order chi connectivity index (χ0) is 13.7. The maximum Gasteiger partial charge on any atom is -1.00 e. The third kappa shape index (κ3) is 2.76. The molecule has 0 N–H and O–H groups in total. The van der Waals surface area contributed by atoms with Crippen molar-refractivity contribution < 1.29 is 45.2 Å². The molecule has 1 unspecified atom stereocenters. The normalized spacial score (nSPS) is 16.0. The summed E-state index contributed by atoms with van der Waals surface area (Å²) in [6, 6.07) is 17.6. The first-order valence-corrected chi connectivity index (χ1v) is 8.03. The summed E-state index contributed by atoms with van der Waals surface area (Å²) >= 11 is 2.36. The third-order valence-corrected chi connectivity index (χ3v) is 4.88. The fourth-order valence-corrected chi connectivity index (χ4v) is 4.00. The van der Waals surface area contributed by atoms with Crippen molar-refractivity contribution in [2.24, 2.45) is 0 Å². The summed E-state index contributed by atoms with van der Waals surface area (Å²) in [4.78, 5) is 0. The monoisotopic (exact) mass is 364 g/mol. The summed E-state index contributed by atoms with van der Waals surface area (Å²) in [5.41, 5.74) is 7.08. The van der Waals surface area contributed by atoms with Crippen LogP contribution in [-0.2, 0) is 33.3 Å². The molecule has 2 aromatic carbocycles. The van der Waals surface area contributed by atoms with Crippen molar-refractivity contribution in [1.29, 1.82) is 0 Å². The van der Waals surface area contributed by atoms with Gasteiger partial charge in [0.15, 0.2) is 0 Å². The van der Waals surface area contributed by atoms with Crippen molar-refractivity contribution >= 4 is 10.9 Å². The van der Waals surface area contributed by atoms with E-state index in [1.54, 1.807) is 5.56 Å². The molecule has 111 valence electrons. The Kier molecular flexibility index (Phi) is 5.45. The van der Waals surface area contributed by atoms with Crippen LogP contribution in [0.4, 0.5) is 0 Å². The van der Waals surface area contributed by atoms with Crippen LogP contribution in [-0.4, -0.2) is 4.57 Å². The van der Waals surface area contributed by atoms with Crippen LogP contribution < -0.4 is 24.8 Å². The van der Waals surface area contributed by atoms with Crippen molar-refractivity contribution in [3.8, 4) is 5.69 Å². The first kappa shape index (κ1) is 17.6. The molecule has 1 nitrogen and oxygen atoms in total. The predicted octanol–water partition coefficient (Wildman–Crippen LogP) is -1.62. The van der Waals surface area contributed by atoms with Gasteiger partial charge in [0.2, 0.25) is 0 Å². The van der Waals surface area contributed by atoms with Gasteiger partial charge >= 0.3 is 131 Å². The molecule has 0 bridgehead atoms. The quantitative estimate of drug-likeness (QED) is 0.457. The summed E-state index contributed by atoms with van der Waals surface area (Å²) in [5, 5.41) is 1.44. The van der Waals surface area contributed by atoms with E-state index in [0.29, 0.717) is 0 Å². The minimum atomic E-state index is 0. The van der Waals surface area contributed by atoms with E-state index in [9.17, 15) is 0 Å². The molecule has 0 radical (unpaired) electrons. The number of halogens is 2. The van der Waals surface area contributed by atoms with Gasteiger partial charge in [-0.25, -0.2) is 0 Å². The van der Waals surface area contributed by atoms with Crippen molar-refractivity contribution in [1.82, 2.24) is 4.57 Å². The number of benzene rings is 2. The molecule has 0 aliphatic heterocycles. The van der Waals surface area contributed by atoms with Gasteiger partial charge in [-0.15, -0.1) is 0 Å². The van der Waals surface area contributed by atoms with Gasteiger partial charge in [-0.2, -0.15) is 0 Å². The number of aryl methyl sites for hydroxylation is 1. The minimum absolute atomic E-state index is 0. The van der Waals surface area contributed by atoms with E-state index in [0.717, 1.165) is 4.22 Å². The molecule has 0 amide bonds. The van der Waals surface area contributed by atoms with E-state index < -0.39 is 0 Å². The fourth-order valence-electron chi connectivity index (χ4n) is 3.38. The second-order valence-electron chi connectivity index (χ2n) is 5.72. The third-order valence-electron chi connectivity index (χ3n) is 4.24. The molecular weight excluding hydrogens is 349 g/mol. The van der Waals surface area contributed by atoms with Crippen molar-refractivity contribution in [2.75, 3.05) is 0 Å². The average Bonchev–Trinajstić information content (AvgIpc) is 2.94. The van der Waals surface area contributed by atoms with Gasteiger partial charge in [-0.05, 0) is 0 Å². The number of fused-ring (bicyclic) bond motifs is 3. The van der Waals surface area contributed by atoms with E-state index in [4.69, 9.17) is 0 Å². The Bertz CT molecular complexity index is 796. The molecule has 3 aromatic rings. The Balaban J connectivity index is 0.000000882.